The second kappa shape index (κ2) is 6.45. The van der Waals surface area contributed by atoms with E-state index in [1.807, 2.05) is 6.92 Å². The topological polar surface area (TPSA) is 63.2 Å². The molecule has 0 radical (unpaired) electrons. The molecular weight excluding hydrogens is 266 g/mol. The van der Waals surface area contributed by atoms with E-state index in [9.17, 15) is 0 Å². The van der Waals surface area contributed by atoms with Gasteiger partial charge in [0.1, 0.15) is 0 Å². The third-order valence-corrected chi connectivity index (χ3v) is 4.69. The SMILES string of the molecule is CCNc1nc(OC)nc(N2CCC3CCCCC3C2)n1. The summed E-state index contributed by atoms with van der Waals surface area (Å²) in [7, 11) is 1.60. The van der Waals surface area contributed by atoms with Crippen LogP contribution in [0.25, 0.3) is 0 Å². The fraction of sp³-hybridized carbons (Fsp3) is 0.800. The average molecular weight is 291 g/mol. The fourth-order valence-electron chi connectivity index (χ4n) is 3.60. The molecule has 1 aromatic rings. The summed E-state index contributed by atoms with van der Waals surface area (Å²) in [5.74, 6) is 3.07. The van der Waals surface area contributed by atoms with E-state index in [-0.39, 0.29) is 0 Å². The van der Waals surface area contributed by atoms with Crippen LogP contribution >= 0.6 is 0 Å². The molecule has 0 bridgehead atoms. The number of nitrogens with zero attached hydrogens (tertiary/aromatic N) is 4. The predicted octanol–water partition coefficient (Wildman–Crippen LogP) is 2.33. The van der Waals surface area contributed by atoms with Gasteiger partial charge in [0.05, 0.1) is 7.11 Å². The Morgan fingerprint density at radius 2 is 1.95 bits per heavy atom. The van der Waals surface area contributed by atoms with Crippen molar-refractivity contribution in [3.8, 4) is 6.01 Å². The van der Waals surface area contributed by atoms with Crippen LogP contribution in [0.5, 0.6) is 6.01 Å². The molecule has 1 saturated heterocycles. The summed E-state index contributed by atoms with van der Waals surface area (Å²) >= 11 is 0. The number of hydrogen-bond donors (Lipinski definition) is 1. The maximum Gasteiger partial charge on any atom is 0.322 e. The summed E-state index contributed by atoms with van der Waals surface area (Å²) < 4.78 is 5.21. The molecule has 1 N–H and O–H groups in total. The molecule has 1 aromatic heterocycles. The second-order valence-corrected chi connectivity index (χ2v) is 6.02. The van der Waals surface area contributed by atoms with E-state index in [0.717, 1.165) is 37.4 Å². The van der Waals surface area contributed by atoms with E-state index >= 15 is 0 Å². The van der Waals surface area contributed by atoms with Crippen LogP contribution in [0.3, 0.4) is 0 Å². The van der Waals surface area contributed by atoms with Crippen LogP contribution in [0, 0.1) is 11.8 Å². The number of piperidine rings is 1. The van der Waals surface area contributed by atoms with Crippen LogP contribution in [-0.4, -0.2) is 41.7 Å². The Labute approximate surface area is 126 Å². The van der Waals surface area contributed by atoms with Crippen molar-refractivity contribution in [3.05, 3.63) is 0 Å². The smallest absolute Gasteiger partial charge is 0.322 e. The molecule has 6 heteroatoms. The lowest BCUT2D eigenvalue weighted by molar-refractivity contribution is 0.201. The number of methoxy groups -OCH3 is 1. The molecule has 21 heavy (non-hydrogen) atoms. The monoisotopic (exact) mass is 291 g/mol. The zero-order valence-electron chi connectivity index (χ0n) is 13.0. The average Bonchev–Trinajstić information content (AvgIpc) is 2.54. The Morgan fingerprint density at radius 1 is 1.14 bits per heavy atom. The van der Waals surface area contributed by atoms with E-state index in [1.165, 1.54) is 32.1 Å². The van der Waals surface area contributed by atoms with E-state index in [4.69, 9.17) is 4.74 Å². The highest BCUT2D eigenvalue weighted by molar-refractivity contribution is 5.39. The molecule has 2 unspecified atom stereocenters. The third-order valence-electron chi connectivity index (χ3n) is 4.69. The number of hydrogen-bond acceptors (Lipinski definition) is 6. The molecule has 2 atom stereocenters. The minimum Gasteiger partial charge on any atom is -0.467 e. The third kappa shape index (κ3) is 3.19. The Hall–Kier alpha value is -1.59. The lowest BCUT2D eigenvalue weighted by Crippen LogP contribution is -2.42. The first-order valence-corrected chi connectivity index (χ1v) is 8.09. The second-order valence-electron chi connectivity index (χ2n) is 6.02. The summed E-state index contributed by atoms with van der Waals surface area (Å²) in [6.07, 6.45) is 6.80. The van der Waals surface area contributed by atoms with E-state index in [2.05, 4.69) is 25.2 Å². The summed E-state index contributed by atoms with van der Waals surface area (Å²) in [6, 6.07) is 0.390. The van der Waals surface area contributed by atoms with Crippen molar-refractivity contribution in [2.24, 2.45) is 11.8 Å². The van der Waals surface area contributed by atoms with Gasteiger partial charge in [0.15, 0.2) is 0 Å². The molecule has 2 aliphatic rings. The summed E-state index contributed by atoms with van der Waals surface area (Å²) in [5.41, 5.74) is 0. The molecular formula is C15H25N5O. The molecule has 116 valence electrons. The van der Waals surface area contributed by atoms with Gasteiger partial charge in [-0.05, 0) is 31.6 Å². The van der Waals surface area contributed by atoms with E-state index in [1.54, 1.807) is 7.11 Å². The van der Waals surface area contributed by atoms with Crippen LogP contribution in [0.15, 0.2) is 0 Å². The zero-order valence-corrected chi connectivity index (χ0v) is 13.0. The van der Waals surface area contributed by atoms with Crippen molar-refractivity contribution < 1.29 is 4.74 Å². The highest BCUT2D eigenvalue weighted by Gasteiger charge is 2.32. The van der Waals surface area contributed by atoms with Gasteiger partial charge in [-0.1, -0.05) is 19.3 Å². The van der Waals surface area contributed by atoms with Gasteiger partial charge in [0.2, 0.25) is 11.9 Å². The first kappa shape index (κ1) is 14.4. The Balaban J connectivity index is 1.77. The molecule has 0 spiro atoms. The summed E-state index contributed by atoms with van der Waals surface area (Å²) in [6.45, 7) is 4.93. The van der Waals surface area contributed by atoms with Crippen molar-refractivity contribution in [1.82, 2.24) is 15.0 Å². The number of rotatable bonds is 4. The lowest BCUT2D eigenvalue weighted by atomic mass is 9.75. The van der Waals surface area contributed by atoms with Crippen molar-refractivity contribution >= 4 is 11.9 Å². The quantitative estimate of drug-likeness (QED) is 0.918. The Bertz CT molecular complexity index is 481. The van der Waals surface area contributed by atoms with Crippen molar-refractivity contribution in [3.63, 3.8) is 0 Å². The molecule has 1 aliphatic carbocycles. The molecule has 2 fully saturated rings. The van der Waals surface area contributed by atoms with Crippen LogP contribution in [0.2, 0.25) is 0 Å². The van der Waals surface area contributed by atoms with Crippen molar-refractivity contribution in [1.29, 1.82) is 0 Å². The normalized spacial score (nSPS) is 25.3. The number of nitrogens with one attached hydrogen (secondary N) is 1. The van der Waals surface area contributed by atoms with Gasteiger partial charge in [-0.15, -0.1) is 0 Å². The van der Waals surface area contributed by atoms with Gasteiger partial charge < -0.3 is 15.0 Å². The maximum atomic E-state index is 5.21. The number of fused-ring (bicyclic) bond motifs is 1. The molecule has 1 saturated carbocycles. The number of anilines is 2. The van der Waals surface area contributed by atoms with Crippen LogP contribution in [-0.2, 0) is 0 Å². The van der Waals surface area contributed by atoms with Gasteiger partial charge in [-0.25, -0.2) is 0 Å². The highest BCUT2D eigenvalue weighted by atomic mass is 16.5. The summed E-state index contributed by atoms with van der Waals surface area (Å²) in [4.78, 5) is 15.5. The largest absolute Gasteiger partial charge is 0.467 e. The number of ether oxygens (including phenoxy) is 1. The standard InChI is InChI=1S/C15H25N5O/c1-3-16-13-17-14(19-15(18-13)21-2)20-9-8-11-6-4-5-7-12(11)10-20/h11-12H,3-10H2,1-2H3,(H,16,17,18,19). The van der Waals surface area contributed by atoms with E-state index < -0.39 is 0 Å². The molecule has 0 aromatic carbocycles. The van der Waals surface area contributed by atoms with Gasteiger partial charge in [-0.2, -0.15) is 15.0 Å². The van der Waals surface area contributed by atoms with Crippen LogP contribution in [0.1, 0.15) is 39.0 Å². The minimum absolute atomic E-state index is 0.390. The molecule has 0 amide bonds. The molecule has 6 nitrogen and oxygen atoms in total. The Morgan fingerprint density at radius 3 is 2.71 bits per heavy atom. The van der Waals surface area contributed by atoms with Crippen LogP contribution in [0.4, 0.5) is 11.9 Å². The van der Waals surface area contributed by atoms with Gasteiger partial charge in [-0.3, -0.25) is 0 Å². The maximum absolute atomic E-state index is 5.21. The zero-order chi connectivity index (χ0) is 14.7. The Kier molecular flexibility index (Phi) is 4.41. The molecule has 3 rings (SSSR count). The summed E-state index contributed by atoms with van der Waals surface area (Å²) in [5, 5.41) is 3.15. The fourth-order valence-corrected chi connectivity index (χ4v) is 3.60. The predicted molar refractivity (Wildman–Crippen MR) is 82.8 cm³/mol. The van der Waals surface area contributed by atoms with Crippen molar-refractivity contribution in [2.75, 3.05) is 37.0 Å². The van der Waals surface area contributed by atoms with Gasteiger partial charge in [0, 0.05) is 19.6 Å². The first-order chi connectivity index (χ1) is 10.3. The van der Waals surface area contributed by atoms with E-state index in [0.29, 0.717) is 12.0 Å². The van der Waals surface area contributed by atoms with Crippen LogP contribution < -0.4 is 15.0 Å². The minimum atomic E-state index is 0.390. The van der Waals surface area contributed by atoms with Gasteiger partial charge in [0.25, 0.3) is 0 Å². The lowest BCUT2D eigenvalue weighted by Gasteiger charge is -2.41. The molecule has 2 heterocycles. The highest BCUT2D eigenvalue weighted by Crippen LogP contribution is 2.37. The van der Waals surface area contributed by atoms with Gasteiger partial charge >= 0.3 is 6.01 Å². The van der Waals surface area contributed by atoms with Crippen molar-refractivity contribution in [2.45, 2.75) is 39.0 Å². The number of aromatic nitrogens is 3. The first-order valence-electron chi connectivity index (χ1n) is 8.09. The molecule has 1 aliphatic heterocycles.